The molecule has 94 valence electrons. The number of nitrogens with one attached hydrogen (secondary N) is 1. The molecule has 0 aromatic heterocycles. The largest absolute Gasteiger partial charge is 0.444 e. The summed E-state index contributed by atoms with van der Waals surface area (Å²) in [6, 6.07) is 1.57. The molecule has 1 N–H and O–H groups in total. The van der Waals surface area contributed by atoms with E-state index in [1.807, 2.05) is 19.9 Å². The van der Waals surface area contributed by atoms with Crippen molar-refractivity contribution in [3.05, 3.63) is 0 Å². The summed E-state index contributed by atoms with van der Waals surface area (Å²) >= 11 is 0. The first-order valence-corrected chi connectivity index (χ1v) is 5.13. The molecule has 16 heavy (non-hydrogen) atoms. The van der Waals surface area contributed by atoms with E-state index in [1.54, 1.807) is 20.8 Å². The standard InChI is InChI=1S/C11H20N2O2.ClH/c1-8(2)6-9(7-12)13-10(14)15-11(3,4)5;/h8-9H,6H2,1-5H3,(H,13,14);1H/t9-;/m0./s1. The lowest BCUT2D eigenvalue weighted by Gasteiger charge is -2.21. The Kier molecular flexibility index (Phi) is 8.01. The fourth-order valence-electron chi connectivity index (χ4n) is 1.07. The third-order valence-corrected chi connectivity index (χ3v) is 1.55. The van der Waals surface area contributed by atoms with E-state index < -0.39 is 17.7 Å². The predicted octanol–water partition coefficient (Wildman–Crippen LogP) is 2.87. The fourth-order valence-corrected chi connectivity index (χ4v) is 1.07. The molecular formula is C11H21ClN2O2. The number of carbonyl (C=O) groups is 1. The molecule has 0 saturated heterocycles. The maximum Gasteiger partial charge on any atom is 0.408 e. The number of hydrogen-bond donors (Lipinski definition) is 1. The van der Waals surface area contributed by atoms with Gasteiger partial charge < -0.3 is 10.1 Å². The Morgan fingerprint density at radius 2 is 1.94 bits per heavy atom. The molecule has 0 aliphatic heterocycles. The molecule has 4 nitrogen and oxygen atoms in total. The van der Waals surface area contributed by atoms with Crippen LogP contribution in [-0.2, 0) is 4.74 Å². The van der Waals surface area contributed by atoms with Crippen molar-refractivity contribution < 1.29 is 9.53 Å². The number of rotatable bonds is 3. The van der Waals surface area contributed by atoms with E-state index in [1.165, 1.54) is 0 Å². The summed E-state index contributed by atoms with van der Waals surface area (Å²) in [5, 5.41) is 11.3. The number of hydrogen-bond acceptors (Lipinski definition) is 3. The van der Waals surface area contributed by atoms with Crippen LogP contribution in [0, 0.1) is 17.2 Å². The highest BCUT2D eigenvalue weighted by atomic mass is 35.5. The lowest BCUT2D eigenvalue weighted by Crippen LogP contribution is -2.39. The minimum absolute atomic E-state index is 0. The van der Waals surface area contributed by atoms with Crippen LogP contribution in [0.5, 0.6) is 0 Å². The van der Waals surface area contributed by atoms with Crippen molar-refractivity contribution in [1.29, 1.82) is 5.26 Å². The molecule has 0 saturated carbocycles. The zero-order valence-corrected chi connectivity index (χ0v) is 11.4. The van der Waals surface area contributed by atoms with Gasteiger partial charge in [-0.05, 0) is 33.1 Å². The summed E-state index contributed by atoms with van der Waals surface area (Å²) in [6.07, 6.45) is 0.102. The van der Waals surface area contributed by atoms with Gasteiger partial charge in [0.25, 0.3) is 0 Å². The first kappa shape index (κ1) is 17.4. The van der Waals surface area contributed by atoms with E-state index in [9.17, 15) is 4.79 Å². The van der Waals surface area contributed by atoms with Gasteiger partial charge in [0.05, 0.1) is 6.07 Å². The molecule has 0 radical (unpaired) electrons. The van der Waals surface area contributed by atoms with E-state index in [0.717, 1.165) is 0 Å². The molecule has 1 atom stereocenters. The minimum Gasteiger partial charge on any atom is -0.444 e. The third-order valence-electron chi connectivity index (χ3n) is 1.55. The van der Waals surface area contributed by atoms with E-state index in [4.69, 9.17) is 10.00 Å². The molecule has 0 aromatic rings. The Bertz CT molecular complexity index is 254. The molecule has 0 fully saturated rings. The highest BCUT2D eigenvalue weighted by Crippen LogP contribution is 2.08. The summed E-state index contributed by atoms with van der Waals surface area (Å²) in [5.41, 5.74) is -0.526. The van der Waals surface area contributed by atoms with Crippen LogP contribution >= 0.6 is 12.4 Å². The van der Waals surface area contributed by atoms with Crippen LogP contribution < -0.4 is 5.32 Å². The second kappa shape index (κ2) is 7.34. The topological polar surface area (TPSA) is 62.1 Å². The van der Waals surface area contributed by atoms with Crippen molar-refractivity contribution in [1.82, 2.24) is 5.32 Å². The maximum absolute atomic E-state index is 11.3. The minimum atomic E-state index is -0.533. The summed E-state index contributed by atoms with van der Waals surface area (Å²) in [6.45, 7) is 9.37. The van der Waals surface area contributed by atoms with Crippen LogP contribution in [0.25, 0.3) is 0 Å². The van der Waals surface area contributed by atoms with Crippen molar-refractivity contribution in [2.24, 2.45) is 5.92 Å². The van der Waals surface area contributed by atoms with Crippen molar-refractivity contribution >= 4 is 18.5 Å². The Morgan fingerprint density at radius 1 is 1.44 bits per heavy atom. The van der Waals surface area contributed by atoms with Gasteiger partial charge in [-0.15, -0.1) is 12.4 Å². The quantitative estimate of drug-likeness (QED) is 0.835. The van der Waals surface area contributed by atoms with Gasteiger partial charge in [0.2, 0.25) is 0 Å². The van der Waals surface area contributed by atoms with Gasteiger partial charge in [0.15, 0.2) is 0 Å². The fraction of sp³-hybridized carbons (Fsp3) is 0.818. The Labute approximate surface area is 104 Å². The molecule has 1 amide bonds. The van der Waals surface area contributed by atoms with Crippen LogP contribution in [0.4, 0.5) is 4.79 Å². The highest BCUT2D eigenvalue weighted by molar-refractivity contribution is 5.85. The Morgan fingerprint density at radius 3 is 2.25 bits per heavy atom. The second-order valence-electron chi connectivity index (χ2n) is 4.96. The normalized spacial score (nSPS) is 12.3. The van der Waals surface area contributed by atoms with E-state index in [-0.39, 0.29) is 12.4 Å². The third kappa shape index (κ3) is 9.60. The number of nitriles is 1. The molecule has 0 rings (SSSR count). The number of alkyl carbamates (subject to hydrolysis) is 1. The zero-order valence-electron chi connectivity index (χ0n) is 10.5. The van der Waals surface area contributed by atoms with Gasteiger partial charge in [-0.1, -0.05) is 13.8 Å². The van der Waals surface area contributed by atoms with Crippen LogP contribution in [0.1, 0.15) is 41.0 Å². The summed E-state index contributed by atoms with van der Waals surface area (Å²) in [4.78, 5) is 11.3. The average Bonchev–Trinajstić information content (AvgIpc) is 1.98. The lowest BCUT2D eigenvalue weighted by atomic mass is 10.1. The molecule has 0 spiro atoms. The SMILES string of the molecule is CC(C)C[C@@H](C#N)NC(=O)OC(C)(C)C.Cl. The van der Waals surface area contributed by atoms with Crippen molar-refractivity contribution in [2.45, 2.75) is 52.7 Å². The first-order valence-electron chi connectivity index (χ1n) is 5.13. The van der Waals surface area contributed by atoms with Crippen LogP contribution in [-0.4, -0.2) is 17.7 Å². The number of amides is 1. The molecule has 0 heterocycles. The van der Waals surface area contributed by atoms with Crippen LogP contribution in [0.3, 0.4) is 0 Å². The number of ether oxygens (including phenoxy) is 1. The average molecular weight is 249 g/mol. The summed E-state index contributed by atoms with van der Waals surface area (Å²) in [7, 11) is 0. The molecule has 0 aliphatic carbocycles. The molecular weight excluding hydrogens is 228 g/mol. The molecule has 0 bridgehead atoms. The first-order chi connectivity index (χ1) is 6.74. The lowest BCUT2D eigenvalue weighted by molar-refractivity contribution is 0.0512. The van der Waals surface area contributed by atoms with E-state index in [0.29, 0.717) is 12.3 Å². The predicted molar refractivity (Wildman–Crippen MR) is 65.5 cm³/mol. The summed E-state index contributed by atoms with van der Waals surface area (Å²) in [5.74, 6) is 0.365. The Hall–Kier alpha value is -0.950. The van der Waals surface area contributed by atoms with E-state index in [2.05, 4.69) is 5.32 Å². The van der Waals surface area contributed by atoms with Crippen molar-refractivity contribution in [3.8, 4) is 6.07 Å². The second-order valence-corrected chi connectivity index (χ2v) is 4.96. The van der Waals surface area contributed by atoms with Crippen LogP contribution in [0.15, 0.2) is 0 Å². The molecule has 0 unspecified atom stereocenters. The maximum atomic E-state index is 11.3. The van der Waals surface area contributed by atoms with Gasteiger partial charge in [-0.25, -0.2) is 4.79 Å². The smallest absolute Gasteiger partial charge is 0.408 e. The van der Waals surface area contributed by atoms with E-state index >= 15 is 0 Å². The highest BCUT2D eigenvalue weighted by Gasteiger charge is 2.19. The molecule has 0 aliphatic rings. The van der Waals surface area contributed by atoms with Crippen molar-refractivity contribution in [3.63, 3.8) is 0 Å². The van der Waals surface area contributed by atoms with Gasteiger partial charge in [-0.3, -0.25) is 0 Å². The number of nitrogens with zero attached hydrogens (tertiary/aromatic N) is 1. The monoisotopic (exact) mass is 248 g/mol. The zero-order chi connectivity index (χ0) is 12.1. The van der Waals surface area contributed by atoms with Gasteiger partial charge in [-0.2, -0.15) is 5.26 Å². The summed E-state index contributed by atoms with van der Waals surface area (Å²) < 4.78 is 5.05. The number of halogens is 1. The van der Waals surface area contributed by atoms with Gasteiger partial charge >= 0.3 is 6.09 Å². The number of carbonyl (C=O) groups excluding carboxylic acids is 1. The van der Waals surface area contributed by atoms with Crippen LogP contribution in [0.2, 0.25) is 0 Å². The molecule has 0 aromatic carbocycles. The molecule has 5 heteroatoms. The van der Waals surface area contributed by atoms with Gasteiger partial charge in [0, 0.05) is 0 Å². The Balaban J connectivity index is 0. The van der Waals surface area contributed by atoms with Gasteiger partial charge in [0.1, 0.15) is 11.6 Å². The van der Waals surface area contributed by atoms with Crippen molar-refractivity contribution in [2.75, 3.05) is 0 Å².